The van der Waals surface area contributed by atoms with Gasteiger partial charge in [0.2, 0.25) is 5.91 Å². The summed E-state index contributed by atoms with van der Waals surface area (Å²) in [5.74, 6) is 1.09. The fourth-order valence-electron chi connectivity index (χ4n) is 3.66. The van der Waals surface area contributed by atoms with E-state index >= 15 is 0 Å². The second kappa shape index (κ2) is 7.77. The molecule has 23 heavy (non-hydrogen) atoms. The molecule has 0 N–H and O–H groups in total. The van der Waals surface area contributed by atoms with E-state index in [1.54, 1.807) is 6.20 Å². The standard InChI is InChI=1S/C18H28N4O/c1-16-4-3-8-20(15-16)9-6-18(23)22-12-10-21(11-13-22)17-5-2-7-19-14-17/h2,5,7,14,16H,3-4,6,8-13,15H2,1H3/t16-/m1/s1. The number of amides is 1. The maximum Gasteiger partial charge on any atom is 0.223 e. The Labute approximate surface area is 139 Å². The van der Waals surface area contributed by atoms with Gasteiger partial charge in [0.05, 0.1) is 11.9 Å². The lowest BCUT2D eigenvalue weighted by Gasteiger charge is -2.36. The van der Waals surface area contributed by atoms with Gasteiger partial charge in [-0.15, -0.1) is 0 Å². The summed E-state index contributed by atoms with van der Waals surface area (Å²) in [6.07, 6.45) is 6.97. The maximum absolute atomic E-state index is 12.4. The summed E-state index contributed by atoms with van der Waals surface area (Å²) in [7, 11) is 0. The van der Waals surface area contributed by atoms with E-state index in [2.05, 4.69) is 27.8 Å². The molecule has 2 aliphatic rings. The zero-order valence-corrected chi connectivity index (χ0v) is 14.2. The summed E-state index contributed by atoms with van der Waals surface area (Å²) in [5, 5.41) is 0. The second-order valence-electron chi connectivity index (χ2n) is 6.88. The molecule has 0 spiro atoms. The molecule has 0 radical (unpaired) electrons. The number of aromatic nitrogens is 1. The van der Waals surface area contributed by atoms with Crippen molar-refractivity contribution in [2.45, 2.75) is 26.2 Å². The molecule has 0 saturated carbocycles. The van der Waals surface area contributed by atoms with Crippen molar-refractivity contribution >= 4 is 11.6 Å². The molecule has 0 aliphatic carbocycles. The number of likely N-dealkylation sites (tertiary alicyclic amines) is 1. The number of anilines is 1. The van der Waals surface area contributed by atoms with Gasteiger partial charge in [-0.05, 0) is 37.4 Å². The maximum atomic E-state index is 12.4. The molecule has 1 atom stereocenters. The van der Waals surface area contributed by atoms with Crippen molar-refractivity contribution in [3.05, 3.63) is 24.5 Å². The largest absolute Gasteiger partial charge is 0.367 e. The molecule has 5 nitrogen and oxygen atoms in total. The third-order valence-electron chi connectivity index (χ3n) is 5.03. The van der Waals surface area contributed by atoms with E-state index in [9.17, 15) is 4.79 Å². The lowest BCUT2D eigenvalue weighted by Crippen LogP contribution is -2.49. The van der Waals surface area contributed by atoms with E-state index in [4.69, 9.17) is 0 Å². The summed E-state index contributed by atoms with van der Waals surface area (Å²) in [5.41, 5.74) is 1.15. The van der Waals surface area contributed by atoms with Crippen LogP contribution in [0, 0.1) is 5.92 Å². The Morgan fingerprint density at radius 2 is 2.09 bits per heavy atom. The molecule has 0 aromatic carbocycles. The molecule has 1 aromatic heterocycles. The Morgan fingerprint density at radius 1 is 1.26 bits per heavy atom. The van der Waals surface area contributed by atoms with Crippen molar-refractivity contribution in [3.8, 4) is 0 Å². The third kappa shape index (κ3) is 4.44. The minimum absolute atomic E-state index is 0.314. The number of carbonyl (C=O) groups excluding carboxylic acids is 1. The van der Waals surface area contributed by atoms with E-state index in [1.165, 1.54) is 12.8 Å². The molecular formula is C18H28N4O. The lowest BCUT2D eigenvalue weighted by molar-refractivity contribution is -0.131. The van der Waals surface area contributed by atoms with Crippen LogP contribution in [0.2, 0.25) is 0 Å². The summed E-state index contributed by atoms with van der Waals surface area (Å²) in [6.45, 7) is 9.00. The molecule has 2 saturated heterocycles. The van der Waals surface area contributed by atoms with E-state index in [0.29, 0.717) is 12.3 Å². The Hall–Kier alpha value is -1.62. The van der Waals surface area contributed by atoms with Crippen molar-refractivity contribution in [2.75, 3.05) is 50.7 Å². The molecule has 1 amide bonds. The van der Waals surface area contributed by atoms with Crippen LogP contribution in [0.4, 0.5) is 5.69 Å². The predicted molar refractivity (Wildman–Crippen MR) is 92.5 cm³/mol. The average molecular weight is 316 g/mol. The third-order valence-corrected chi connectivity index (χ3v) is 5.03. The molecule has 1 aromatic rings. The van der Waals surface area contributed by atoms with Gasteiger partial charge in [-0.3, -0.25) is 9.78 Å². The van der Waals surface area contributed by atoms with Crippen molar-refractivity contribution in [1.82, 2.24) is 14.8 Å². The van der Waals surface area contributed by atoms with Gasteiger partial charge in [-0.2, -0.15) is 0 Å². The topological polar surface area (TPSA) is 39.7 Å². The van der Waals surface area contributed by atoms with Crippen LogP contribution in [0.15, 0.2) is 24.5 Å². The zero-order valence-electron chi connectivity index (χ0n) is 14.2. The quantitative estimate of drug-likeness (QED) is 0.850. The van der Waals surface area contributed by atoms with Gasteiger partial charge in [-0.25, -0.2) is 0 Å². The Bertz CT molecular complexity index is 499. The van der Waals surface area contributed by atoms with Crippen LogP contribution >= 0.6 is 0 Å². The van der Waals surface area contributed by atoms with Crippen LogP contribution in [0.25, 0.3) is 0 Å². The van der Waals surface area contributed by atoms with E-state index in [-0.39, 0.29) is 0 Å². The molecule has 0 unspecified atom stereocenters. The fraction of sp³-hybridized carbons (Fsp3) is 0.667. The van der Waals surface area contributed by atoms with Crippen LogP contribution < -0.4 is 4.90 Å². The number of hydrogen-bond donors (Lipinski definition) is 0. The number of hydrogen-bond acceptors (Lipinski definition) is 4. The molecule has 2 fully saturated rings. The normalized spacial score (nSPS) is 23.1. The Kier molecular flexibility index (Phi) is 5.49. The number of pyridine rings is 1. The van der Waals surface area contributed by atoms with Crippen molar-refractivity contribution in [3.63, 3.8) is 0 Å². The summed E-state index contributed by atoms with van der Waals surface area (Å²) in [4.78, 5) is 23.4. The second-order valence-corrected chi connectivity index (χ2v) is 6.88. The number of piperidine rings is 1. The first kappa shape index (κ1) is 16.2. The highest BCUT2D eigenvalue weighted by Crippen LogP contribution is 2.17. The lowest BCUT2D eigenvalue weighted by atomic mass is 10.0. The molecule has 3 heterocycles. The minimum Gasteiger partial charge on any atom is -0.367 e. The van der Waals surface area contributed by atoms with Gasteiger partial charge >= 0.3 is 0 Å². The van der Waals surface area contributed by atoms with Gasteiger partial charge in [0.15, 0.2) is 0 Å². The number of rotatable bonds is 4. The predicted octanol–water partition coefficient (Wildman–Crippen LogP) is 1.85. The molecule has 0 bridgehead atoms. The van der Waals surface area contributed by atoms with Crippen LogP contribution in [0.3, 0.4) is 0 Å². The number of carbonyl (C=O) groups is 1. The SMILES string of the molecule is C[C@@H]1CCCN(CCC(=O)N2CCN(c3cccnc3)CC2)C1. The first-order chi connectivity index (χ1) is 11.2. The smallest absolute Gasteiger partial charge is 0.223 e. The Balaban J connectivity index is 1.41. The molecule has 2 aliphatic heterocycles. The van der Waals surface area contributed by atoms with Gasteiger partial charge in [0.1, 0.15) is 0 Å². The number of nitrogens with zero attached hydrogens (tertiary/aromatic N) is 4. The molecule has 126 valence electrons. The first-order valence-electron chi connectivity index (χ1n) is 8.87. The van der Waals surface area contributed by atoms with Crippen LogP contribution in [-0.2, 0) is 4.79 Å². The first-order valence-corrected chi connectivity index (χ1v) is 8.87. The molecular weight excluding hydrogens is 288 g/mol. The highest BCUT2D eigenvalue weighted by atomic mass is 16.2. The van der Waals surface area contributed by atoms with Gasteiger partial charge < -0.3 is 14.7 Å². The zero-order chi connectivity index (χ0) is 16.1. The fourth-order valence-corrected chi connectivity index (χ4v) is 3.66. The van der Waals surface area contributed by atoms with Gasteiger partial charge in [-0.1, -0.05) is 6.92 Å². The molecule has 5 heteroatoms. The van der Waals surface area contributed by atoms with Crippen molar-refractivity contribution < 1.29 is 4.79 Å². The summed E-state index contributed by atoms with van der Waals surface area (Å²) in [6, 6.07) is 4.05. The summed E-state index contributed by atoms with van der Waals surface area (Å²) >= 11 is 0. The average Bonchev–Trinajstić information content (AvgIpc) is 2.61. The number of piperazine rings is 1. The van der Waals surface area contributed by atoms with Crippen LogP contribution in [-0.4, -0.2) is 66.5 Å². The van der Waals surface area contributed by atoms with Crippen molar-refractivity contribution in [2.24, 2.45) is 5.92 Å². The van der Waals surface area contributed by atoms with E-state index in [0.717, 1.165) is 57.4 Å². The van der Waals surface area contributed by atoms with E-state index in [1.807, 2.05) is 17.2 Å². The minimum atomic E-state index is 0.314. The molecule has 3 rings (SSSR count). The Morgan fingerprint density at radius 3 is 2.78 bits per heavy atom. The highest BCUT2D eigenvalue weighted by molar-refractivity contribution is 5.76. The monoisotopic (exact) mass is 316 g/mol. The van der Waals surface area contributed by atoms with Gasteiger partial charge in [0, 0.05) is 51.9 Å². The van der Waals surface area contributed by atoms with Crippen LogP contribution in [0.1, 0.15) is 26.2 Å². The van der Waals surface area contributed by atoms with E-state index < -0.39 is 0 Å². The summed E-state index contributed by atoms with van der Waals surface area (Å²) < 4.78 is 0. The highest BCUT2D eigenvalue weighted by Gasteiger charge is 2.22. The van der Waals surface area contributed by atoms with Crippen molar-refractivity contribution in [1.29, 1.82) is 0 Å². The van der Waals surface area contributed by atoms with Crippen LogP contribution in [0.5, 0.6) is 0 Å². The van der Waals surface area contributed by atoms with Gasteiger partial charge in [0.25, 0.3) is 0 Å².